The third-order valence-corrected chi connectivity index (χ3v) is 4.07. The summed E-state index contributed by atoms with van der Waals surface area (Å²) in [7, 11) is 1.86. The molecule has 25 heavy (non-hydrogen) atoms. The molecule has 0 spiro atoms. The van der Waals surface area contributed by atoms with Gasteiger partial charge in [-0.2, -0.15) is 20.1 Å². The molecule has 8 heteroatoms. The van der Waals surface area contributed by atoms with Crippen LogP contribution in [0.15, 0.2) is 48.9 Å². The number of hydrogen-bond acceptors (Lipinski definition) is 6. The van der Waals surface area contributed by atoms with E-state index in [1.54, 1.807) is 21.9 Å². The average molecular weight is 340 g/mol. The highest BCUT2D eigenvalue weighted by Gasteiger charge is 2.30. The van der Waals surface area contributed by atoms with Crippen LogP contribution in [0.3, 0.4) is 0 Å². The molecule has 1 aromatic carbocycles. The van der Waals surface area contributed by atoms with Gasteiger partial charge in [0.2, 0.25) is 0 Å². The van der Waals surface area contributed by atoms with Gasteiger partial charge in [-0.05, 0) is 12.1 Å². The van der Waals surface area contributed by atoms with Crippen molar-refractivity contribution < 1.29 is 9.47 Å². The topological polar surface area (TPSA) is 79.0 Å². The van der Waals surface area contributed by atoms with E-state index in [-0.39, 0.29) is 12.1 Å². The molecule has 2 atom stereocenters. The Hall–Kier alpha value is -2.71. The predicted molar refractivity (Wildman–Crippen MR) is 90.4 cm³/mol. The number of benzene rings is 1. The van der Waals surface area contributed by atoms with E-state index in [0.29, 0.717) is 19.8 Å². The molecular formula is C17H20N6O2. The van der Waals surface area contributed by atoms with Gasteiger partial charge in [0.1, 0.15) is 6.10 Å². The lowest BCUT2D eigenvalue weighted by atomic mass is 10.2. The highest BCUT2D eigenvalue weighted by molar-refractivity contribution is 5.28. The molecule has 8 nitrogen and oxygen atoms in total. The van der Waals surface area contributed by atoms with Crippen LogP contribution < -0.4 is 10.1 Å². The first-order valence-electron chi connectivity index (χ1n) is 8.21. The van der Waals surface area contributed by atoms with Gasteiger partial charge in [-0.25, -0.2) is 0 Å². The van der Waals surface area contributed by atoms with Gasteiger partial charge >= 0.3 is 0 Å². The summed E-state index contributed by atoms with van der Waals surface area (Å²) in [5.41, 5.74) is 1.81. The highest BCUT2D eigenvalue weighted by atomic mass is 16.5. The minimum absolute atomic E-state index is 0.0478. The van der Waals surface area contributed by atoms with Gasteiger partial charge in [-0.15, -0.1) is 0 Å². The van der Waals surface area contributed by atoms with Crippen LogP contribution in [0.5, 0.6) is 5.75 Å². The Labute approximate surface area is 145 Å². The fraction of sp³-hybridized carbons (Fsp3) is 0.353. The van der Waals surface area contributed by atoms with Crippen molar-refractivity contribution in [2.45, 2.75) is 18.7 Å². The molecule has 2 aromatic heterocycles. The number of aromatic nitrogens is 5. The zero-order valence-electron chi connectivity index (χ0n) is 13.9. The Morgan fingerprint density at radius 2 is 2.08 bits per heavy atom. The van der Waals surface area contributed by atoms with Crippen molar-refractivity contribution in [2.24, 2.45) is 7.05 Å². The van der Waals surface area contributed by atoms with Crippen LogP contribution in [0.1, 0.15) is 5.69 Å². The number of para-hydroxylation sites is 1. The highest BCUT2D eigenvalue weighted by Crippen LogP contribution is 2.16. The number of ether oxygens (including phenoxy) is 2. The number of aryl methyl sites for hydroxylation is 1. The van der Waals surface area contributed by atoms with E-state index in [0.717, 1.165) is 17.1 Å². The number of nitrogens with zero attached hydrogens (tertiary/aromatic N) is 5. The van der Waals surface area contributed by atoms with Gasteiger partial charge in [0.15, 0.2) is 5.75 Å². The maximum Gasteiger partial charge on any atom is 0.157 e. The second-order valence-corrected chi connectivity index (χ2v) is 5.99. The van der Waals surface area contributed by atoms with Crippen molar-refractivity contribution in [3.63, 3.8) is 0 Å². The fourth-order valence-electron chi connectivity index (χ4n) is 2.77. The Morgan fingerprint density at radius 1 is 1.20 bits per heavy atom. The molecule has 130 valence electrons. The first-order chi connectivity index (χ1) is 12.3. The summed E-state index contributed by atoms with van der Waals surface area (Å²) in [5, 5.41) is 16.4. The molecule has 0 radical (unpaired) electrons. The lowest BCUT2D eigenvalue weighted by Gasteiger charge is -2.19. The van der Waals surface area contributed by atoms with Gasteiger partial charge in [-0.1, -0.05) is 18.2 Å². The second-order valence-electron chi connectivity index (χ2n) is 5.99. The van der Waals surface area contributed by atoms with E-state index in [2.05, 4.69) is 20.6 Å². The summed E-state index contributed by atoms with van der Waals surface area (Å²) in [4.78, 5) is 1.63. The minimum Gasteiger partial charge on any atom is -0.483 e. The Kier molecular flexibility index (Phi) is 4.45. The maximum atomic E-state index is 5.96. The molecular weight excluding hydrogens is 320 g/mol. The van der Waals surface area contributed by atoms with Crippen molar-refractivity contribution in [1.29, 1.82) is 0 Å². The quantitative estimate of drug-likeness (QED) is 0.719. The van der Waals surface area contributed by atoms with Crippen LogP contribution >= 0.6 is 0 Å². The molecule has 3 aromatic rings. The minimum atomic E-state index is -0.0478. The van der Waals surface area contributed by atoms with Crippen LogP contribution in [-0.4, -0.2) is 50.1 Å². The van der Waals surface area contributed by atoms with Crippen molar-refractivity contribution >= 4 is 0 Å². The first-order valence-corrected chi connectivity index (χ1v) is 8.21. The smallest absolute Gasteiger partial charge is 0.157 e. The molecule has 1 aliphatic heterocycles. The molecule has 4 rings (SSSR count). The van der Waals surface area contributed by atoms with Gasteiger partial charge in [0.05, 0.1) is 49.2 Å². The largest absolute Gasteiger partial charge is 0.483 e. The van der Waals surface area contributed by atoms with E-state index in [9.17, 15) is 0 Å². The van der Waals surface area contributed by atoms with Gasteiger partial charge in [0, 0.05) is 13.6 Å². The van der Waals surface area contributed by atoms with Crippen molar-refractivity contribution in [3.8, 4) is 11.4 Å². The Balaban J connectivity index is 1.35. The van der Waals surface area contributed by atoms with Gasteiger partial charge in [-0.3, -0.25) is 4.68 Å². The first kappa shape index (κ1) is 15.8. The second kappa shape index (κ2) is 7.04. The van der Waals surface area contributed by atoms with Crippen molar-refractivity contribution in [2.75, 3.05) is 13.2 Å². The van der Waals surface area contributed by atoms with Crippen molar-refractivity contribution in [1.82, 2.24) is 30.1 Å². The van der Waals surface area contributed by atoms with E-state index >= 15 is 0 Å². The Morgan fingerprint density at radius 3 is 2.88 bits per heavy atom. The molecule has 0 bridgehead atoms. The zero-order chi connectivity index (χ0) is 17.1. The van der Waals surface area contributed by atoms with E-state index < -0.39 is 0 Å². The monoisotopic (exact) mass is 340 g/mol. The predicted octanol–water partition coefficient (Wildman–Crippen LogP) is 0.937. The summed E-state index contributed by atoms with van der Waals surface area (Å²) in [6.45, 7) is 1.77. The van der Waals surface area contributed by atoms with Crippen LogP contribution in [0, 0.1) is 0 Å². The number of hydrogen-bond donors (Lipinski definition) is 1. The molecule has 0 amide bonds. The summed E-state index contributed by atoms with van der Waals surface area (Å²) >= 11 is 0. The molecule has 1 fully saturated rings. The molecule has 0 aliphatic carbocycles. The number of nitrogens with one attached hydrogen (secondary N) is 1. The lowest BCUT2D eigenvalue weighted by molar-refractivity contribution is 0.139. The lowest BCUT2D eigenvalue weighted by Crippen LogP contribution is -2.41. The van der Waals surface area contributed by atoms with E-state index in [1.165, 1.54) is 0 Å². The molecule has 1 saturated heterocycles. The molecule has 3 heterocycles. The SMILES string of the molecule is Cn1cc(O[C@@H]2COC[C@@H]2NCc2cnn(-c3ccccc3)n2)cn1. The fourth-order valence-corrected chi connectivity index (χ4v) is 2.77. The van der Waals surface area contributed by atoms with Crippen molar-refractivity contribution in [3.05, 3.63) is 54.6 Å². The summed E-state index contributed by atoms with van der Waals surface area (Å²) < 4.78 is 13.2. The van der Waals surface area contributed by atoms with Crippen LogP contribution in [0.25, 0.3) is 5.69 Å². The van der Waals surface area contributed by atoms with E-state index in [4.69, 9.17) is 9.47 Å². The van der Waals surface area contributed by atoms with Gasteiger partial charge in [0.25, 0.3) is 0 Å². The molecule has 1 aliphatic rings. The normalized spacial score (nSPS) is 20.0. The summed E-state index contributed by atoms with van der Waals surface area (Å²) in [5.74, 6) is 0.750. The molecule has 0 unspecified atom stereocenters. The van der Waals surface area contributed by atoms with E-state index in [1.807, 2.05) is 43.6 Å². The summed E-state index contributed by atoms with van der Waals surface area (Å²) in [6.07, 6.45) is 5.28. The van der Waals surface area contributed by atoms with Crippen LogP contribution in [0.4, 0.5) is 0 Å². The van der Waals surface area contributed by atoms with Gasteiger partial charge < -0.3 is 14.8 Å². The van der Waals surface area contributed by atoms with Crippen LogP contribution in [-0.2, 0) is 18.3 Å². The molecule has 1 N–H and O–H groups in total. The Bertz CT molecular complexity index is 815. The average Bonchev–Trinajstić information content (AvgIpc) is 3.36. The zero-order valence-corrected chi connectivity index (χ0v) is 13.9. The maximum absolute atomic E-state index is 5.96. The third-order valence-electron chi connectivity index (χ3n) is 4.07. The van der Waals surface area contributed by atoms with Crippen LogP contribution in [0.2, 0.25) is 0 Å². The summed E-state index contributed by atoms with van der Waals surface area (Å²) in [6, 6.07) is 9.94. The molecule has 0 saturated carbocycles. The standard InChI is InChI=1S/C17H20N6O2/c1-22-10-15(9-19-22)25-17-12-24-11-16(17)18-7-13-8-20-23(21-13)14-5-3-2-4-6-14/h2-6,8-10,16-18H,7,11-12H2,1H3/t16-,17+/m0/s1. The number of rotatable bonds is 6. The third kappa shape index (κ3) is 3.70.